The third-order valence-corrected chi connectivity index (χ3v) is 14.1. The van der Waals surface area contributed by atoms with Crippen molar-refractivity contribution in [2.45, 2.75) is 26.2 Å². The Morgan fingerprint density at radius 1 is 0.455 bits per heavy atom. The minimum absolute atomic E-state index is 0.0953. The first-order valence-corrected chi connectivity index (χ1v) is 23.4. The van der Waals surface area contributed by atoms with Gasteiger partial charge in [-0.2, -0.15) is 0 Å². The second-order valence-corrected chi connectivity index (χ2v) is 17.9. The Morgan fingerprint density at radius 3 is 1.88 bits per heavy atom. The molecule has 312 valence electrons. The van der Waals surface area contributed by atoms with Gasteiger partial charge in [-0.3, -0.25) is 0 Å². The van der Waals surface area contributed by atoms with E-state index in [0.29, 0.717) is 0 Å². The maximum absolute atomic E-state index is 2.69. The van der Waals surface area contributed by atoms with Gasteiger partial charge in [0.05, 0.1) is 5.69 Å². The van der Waals surface area contributed by atoms with Crippen LogP contribution in [-0.2, 0) is 6.42 Å². The first-order valence-electron chi connectivity index (χ1n) is 23.4. The standard InChI is InChI=1S/C62H46BN3/c1-2-3-19-42-32-36-56(53(38-42)44-22-10-5-11-23-44)65-58-41-49(64(47-25-12-6-13-26-47)48-27-14-7-15-28-48)34-35-55(58)63-61-54(39-46(40-59(61)65)43-20-8-4-9-21-43)51-30-18-31-52-60-50-29-17-16-24-45(50)33-37-57(60)66(63)62(51)52/h4-18,20-41H,2-3,19H2,1H3. The SMILES string of the molecule is CCCCc1ccc(N2c3cc(N(c4ccccc4)c4ccccc4)ccc3B3c4c(cc(-c5ccccc5)cc42)-c2cccc4c5c6ccccc6ccc5n3c24)c(-c2ccccc2)c1. The molecule has 0 atom stereocenters. The normalized spacial score (nSPS) is 12.4. The fourth-order valence-corrected chi connectivity index (χ4v) is 11.2. The summed E-state index contributed by atoms with van der Waals surface area (Å²) in [4.78, 5) is 5.02. The summed E-state index contributed by atoms with van der Waals surface area (Å²) in [6, 6.07) is 83.6. The molecule has 0 saturated heterocycles. The molecule has 0 saturated carbocycles. The van der Waals surface area contributed by atoms with E-state index in [-0.39, 0.29) is 6.85 Å². The zero-order valence-electron chi connectivity index (χ0n) is 36.9. The van der Waals surface area contributed by atoms with Gasteiger partial charge in [0, 0.05) is 61.4 Å². The Bertz CT molecular complexity index is 3600. The molecule has 4 heteroatoms. The van der Waals surface area contributed by atoms with E-state index in [4.69, 9.17) is 0 Å². The Hall–Kier alpha value is -8.08. The van der Waals surface area contributed by atoms with Crippen LogP contribution in [0.2, 0.25) is 0 Å². The predicted octanol–water partition coefficient (Wildman–Crippen LogP) is 15.5. The minimum atomic E-state index is -0.0953. The van der Waals surface area contributed by atoms with Crippen molar-refractivity contribution < 1.29 is 0 Å². The van der Waals surface area contributed by atoms with Crippen LogP contribution in [0.3, 0.4) is 0 Å². The molecule has 0 radical (unpaired) electrons. The monoisotopic (exact) mass is 843 g/mol. The molecule has 1 aromatic heterocycles. The molecule has 13 rings (SSSR count). The van der Waals surface area contributed by atoms with Crippen LogP contribution in [0.1, 0.15) is 25.3 Å². The number of rotatable bonds is 9. The van der Waals surface area contributed by atoms with Crippen LogP contribution in [0, 0.1) is 0 Å². The lowest BCUT2D eigenvalue weighted by Gasteiger charge is -2.42. The first kappa shape index (κ1) is 38.4. The second-order valence-electron chi connectivity index (χ2n) is 17.9. The largest absolute Gasteiger partial charge is 0.375 e. The number of unbranched alkanes of at least 4 members (excludes halogenated alkanes) is 1. The lowest BCUT2D eigenvalue weighted by molar-refractivity contribution is 0.795. The summed E-state index contributed by atoms with van der Waals surface area (Å²) in [6.07, 6.45) is 3.35. The lowest BCUT2D eigenvalue weighted by atomic mass is 9.45. The zero-order chi connectivity index (χ0) is 43.7. The molecule has 0 N–H and O–H groups in total. The summed E-state index contributed by atoms with van der Waals surface area (Å²) >= 11 is 0. The third-order valence-electron chi connectivity index (χ3n) is 14.1. The molecule has 10 aromatic carbocycles. The summed E-state index contributed by atoms with van der Waals surface area (Å²) < 4.78 is 2.69. The molecule has 2 aliphatic rings. The average molecular weight is 844 g/mol. The van der Waals surface area contributed by atoms with Crippen molar-refractivity contribution in [1.29, 1.82) is 0 Å². The van der Waals surface area contributed by atoms with Gasteiger partial charge in [-0.05, 0) is 129 Å². The number of nitrogens with zero attached hydrogens (tertiary/aromatic N) is 3. The summed E-state index contributed by atoms with van der Waals surface area (Å²) in [5, 5.41) is 5.16. The number of aryl methyl sites for hydroxylation is 1. The van der Waals surface area contributed by atoms with Gasteiger partial charge in [-0.15, -0.1) is 0 Å². The highest BCUT2D eigenvalue weighted by Gasteiger charge is 2.44. The molecule has 0 fully saturated rings. The van der Waals surface area contributed by atoms with Crippen LogP contribution in [0.25, 0.3) is 66.0 Å². The van der Waals surface area contributed by atoms with Crippen molar-refractivity contribution >= 4 is 84.5 Å². The van der Waals surface area contributed by atoms with E-state index in [2.05, 4.69) is 246 Å². The smallest absolute Gasteiger partial charge is 0.333 e. The van der Waals surface area contributed by atoms with Crippen LogP contribution < -0.4 is 20.7 Å². The minimum Gasteiger partial charge on any atom is -0.375 e. The molecule has 0 unspecified atom stereocenters. The number of aromatic nitrogens is 1. The Labute approximate surface area is 386 Å². The van der Waals surface area contributed by atoms with Crippen LogP contribution >= 0.6 is 0 Å². The van der Waals surface area contributed by atoms with Gasteiger partial charge in [-0.1, -0.05) is 171 Å². The fraction of sp³-hybridized carbons (Fsp3) is 0.0645. The number of fused-ring (bicyclic) bond motifs is 9. The van der Waals surface area contributed by atoms with Crippen LogP contribution in [-0.4, -0.2) is 11.3 Å². The van der Waals surface area contributed by atoms with Crippen molar-refractivity contribution in [2.24, 2.45) is 0 Å². The summed E-state index contributed by atoms with van der Waals surface area (Å²) in [6.45, 7) is 2.19. The van der Waals surface area contributed by atoms with Crippen molar-refractivity contribution in [3.63, 3.8) is 0 Å². The van der Waals surface area contributed by atoms with E-state index in [1.54, 1.807) is 0 Å². The Kier molecular flexibility index (Phi) is 9.06. The average Bonchev–Trinajstić information content (AvgIpc) is 3.73. The quantitative estimate of drug-likeness (QED) is 0.134. The van der Waals surface area contributed by atoms with Gasteiger partial charge in [0.15, 0.2) is 0 Å². The molecule has 2 aliphatic heterocycles. The molecule has 0 spiro atoms. The summed E-state index contributed by atoms with van der Waals surface area (Å²) in [5.74, 6) is 0. The highest BCUT2D eigenvalue weighted by molar-refractivity contribution is 6.90. The zero-order valence-corrected chi connectivity index (χ0v) is 36.9. The van der Waals surface area contributed by atoms with Gasteiger partial charge in [0.1, 0.15) is 0 Å². The van der Waals surface area contributed by atoms with Crippen molar-refractivity contribution in [3.05, 3.63) is 230 Å². The van der Waals surface area contributed by atoms with E-state index in [1.165, 1.54) is 99.5 Å². The van der Waals surface area contributed by atoms with Crippen molar-refractivity contribution in [1.82, 2.24) is 4.48 Å². The van der Waals surface area contributed by atoms with E-state index in [1.807, 2.05) is 0 Å². The maximum Gasteiger partial charge on any atom is 0.333 e. The van der Waals surface area contributed by atoms with Crippen molar-refractivity contribution in [3.8, 4) is 33.4 Å². The molecular weight excluding hydrogens is 798 g/mol. The van der Waals surface area contributed by atoms with E-state index in [0.717, 1.165) is 36.3 Å². The second kappa shape index (κ2) is 15.6. The molecule has 66 heavy (non-hydrogen) atoms. The van der Waals surface area contributed by atoms with Crippen LogP contribution in [0.4, 0.5) is 34.1 Å². The number of benzene rings is 10. The predicted molar refractivity (Wildman–Crippen MR) is 282 cm³/mol. The van der Waals surface area contributed by atoms with Gasteiger partial charge < -0.3 is 14.3 Å². The Morgan fingerprint density at radius 2 is 1.14 bits per heavy atom. The highest BCUT2D eigenvalue weighted by Crippen LogP contribution is 2.50. The molecular formula is C62H46BN3. The van der Waals surface area contributed by atoms with Crippen molar-refractivity contribution in [2.75, 3.05) is 9.80 Å². The third kappa shape index (κ3) is 5.98. The topological polar surface area (TPSA) is 11.4 Å². The number of hydrogen-bond acceptors (Lipinski definition) is 2. The highest BCUT2D eigenvalue weighted by atomic mass is 15.2. The number of anilines is 6. The van der Waals surface area contributed by atoms with Gasteiger partial charge in [-0.25, -0.2) is 0 Å². The van der Waals surface area contributed by atoms with Crippen LogP contribution in [0.15, 0.2) is 224 Å². The molecule has 0 bridgehead atoms. The van der Waals surface area contributed by atoms with Gasteiger partial charge in [0.2, 0.25) is 0 Å². The van der Waals surface area contributed by atoms with Crippen LogP contribution in [0.5, 0.6) is 0 Å². The molecule has 3 heterocycles. The molecule has 0 aliphatic carbocycles. The van der Waals surface area contributed by atoms with Gasteiger partial charge >= 0.3 is 6.85 Å². The first-order chi connectivity index (χ1) is 32.7. The lowest BCUT2D eigenvalue weighted by Crippen LogP contribution is -2.56. The number of para-hydroxylation sites is 3. The molecule has 3 nitrogen and oxygen atoms in total. The van der Waals surface area contributed by atoms with Gasteiger partial charge in [0.25, 0.3) is 0 Å². The molecule has 11 aromatic rings. The van der Waals surface area contributed by atoms with E-state index in [9.17, 15) is 0 Å². The molecule has 0 amide bonds. The maximum atomic E-state index is 2.69. The summed E-state index contributed by atoms with van der Waals surface area (Å²) in [5.41, 5.74) is 20.8. The van der Waals surface area contributed by atoms with E-state index >= 15 is 0 Å². The summed E-state index contributed by atoms with van der Waals surface area (Å²) in [7, 11) is 0. The number of hydrogen-bond donors (Lipinski definition) is 0. The Balaban J connectivity index is 1.17. The van der Waals surface area contributed by atoms with E-state index < -0.39 is 0 Å². The fourth-order valence-electron chi connectivity index (χ4n) is 11.2.